The number of carbonyl (C=O) groups excluding carboxylic acids is 1. The van der Waals surface area contributed by atoms with Crippen LogP contribution in [0.5, 0.6) is 0 Å². The third-order valence-corrected chi connectivity index (χ3v) is 1.86. The highest BCUT2D eigenvalue weighted by molar-refractivity contribution is 5.61. The Labute approximate surface area is 69.0 Å². The average Bonchev–Trinajstić information content (AvgIpc) is 2.85. The first-order valence-electron chi connectivity index (χ1n) is 3.67. The van der Waals surface area contributed by atoms with Gasteiger partial charge in [0.15, 0.2) is 6.29 Å². The molecule has 0 aliphatic carbocycles. The number of hydrogen-bond acceptors (Lipinski definition) is 2. The molecule has 0 radical (unpaired) electrons. The molecule has 2 atom stereocenters. The molecule has 2 nitrogen and oxygen atoms in total. The zero-order valence-electron chi connectivity index (χ0n) is 6.24. The summed E-state index contributed by atoms with van der Waals surface area (Å²) >= 11 is 0. The normalized spacial score (nSPS) is 26.8. The second-order valence-electron chi connectivity index (χ2n) is 2.71. The molecule has 0 aromatic heterocycles. The Bertz CT molecular complexity index is 294. The van der Waals surface area contributed by atoms with Gasteiger partial charge in [-0.1, -0.05) is 12.1 Å². The molecule has 0 amide bonds. The first-order chi connectivity index (χ1) is 5.81. The summed E-state index contributed by atoms with van der Waals surface area (Å²) in [7, 11) is 0. The summed E-state index contributed by atoms with van der Waals surface area (Å²) in [6.07, 6.45) is 0.284. The molecule has 1 heterocycles. The Morgan fingerprint density at radius 3 is 2.50 bits per heavy atom. The summed E-state index contributed by atoms with van der Waals surface area (Å²) in [5, 5.41) is 0. The SMILES string of the molecule is O=C[C@H]1O[C@@H]1c1ccc(F)cc1. The zero-order valence-corrected chi connectivity index (χ0v) is 6.24. The van der Waals surface area contributed by atoms with Gasteiger partial charge >= 0.3 is 0 Å². The van der Waals surface area contributed by atoms with E-state index in [2.05, 4.69) is 0 Å². The van der Waals surface area contributed by atoms with E-state index in [9.17, 15) is 9.18 Å². The van der Waals surface area contributed by atoms with E-state index in [4.69, 9.17) is 4.74 Å². The van der Waals surface area contributed by atoms with Crippen LogP contribution >= 0.6 is 0 Å². The summed E-state index contributed by atoms with van der Waals surface area (Å²) in [5.41, 5.74) is 0.855. The minimum Gasteiger partial charge on any atom is -0.357 e. The van der Waals surface area contributed by atoms with E-state index in [1.807, 2.05) is 0 Å². The van der Waals surface area contributed by atoms with Gasteiger partial charge in [-0.05, 0) is 17.7 Å². The third kappa shape index (κ3) is 1.23. The third-order valence-electron chi connectivity index (χ3n) is 1.86. The highest BCUT2D eigenvalue weighted by Crippen LogP contribution is 2.36. The van der Waals surface area contributed by atoms with E-state index in [0.717, 1.165) is 11.8 Å². The van der Waals surface area contributed by atoms with Gasteiger partial charge in [-0.2, -0.15) is 0 Å². The summed E-state index contributed by atoms with van der Waals surface area (Å²) in [6, 6.07) is 5.98. The molecular weight excluding hydrogens is 159 g/mol. The topological polar surface area (TPSA) is 29.6 Å². The van der Waals surface area contributed by atoms with Crippen LogP contribution in [-0.2, 0) is 9.53 Å². The number of ether oxygens (including phenoxy) is 1. The predicted octanol–water partition coefficient (Wildman–Crippen LogP) is 1.46. The van der Waals surface area contributed by atoms with Crippen LogP contribution in [0.15, 0.2) is 24.3 Å². The van der Waals surface area contributed by atoms with E-state index in [1.165, 1.54) is 12.1 Å². The lowest BCUT2D eigenvalue weighted by Crippen LogP contribution is -1.88. The number of epoxide rings is 1. The second-order valence-corrected chi connectivity index (χ2v) is 2.71. The van der Waals surface area contributed by atoms with Gasteiger partial charge in [-0.3, -0.25) is 0 Å². The number of hydrogen-bond donors (Lipinski definition) is 0. The maximum absolute atomic E-state index is 12.4. The van der Waals surface area contributed by atoms with Gasteiger partial charge in [0.05, 0.1) is 0 Å². The van der Waals surface area contributed by atoms with Crippen molar-refractivity contribution in [2.24, 2.45) is 0 Å². The molecule has 1 fully saturated rings. The van der Waals surface area contributed by atoms with Gasteiger partial charge in [0.1, 0.15) is 18.0 Å². The molecule has 62 valence electrons. The van der Waals surface area contributed by atoms with Crippen molar-refractivity contribution in [3.63, 3.8) is 0 Å². The van der Waals surface area contributed by atoms with E-state index in [0.29, 0.717) is 0 Å². The lowest BCUT2D eigenvalue weighted by molar-refractivity contribution is -0.108. The molecule has 0 saturated carbocycles. The number of rotatable bonds is 2. The van der Waals surface area contributed by atoms with Crippen LogP contribution in [-0.4, -0.2) is 12.4 Å². The Hall–Kier alpha value is -1.22. The minimum atomic E-state index is -0.324. The fourth-order valence-electron chi connectivity index (χ4n) is 1.15. The lowest BCUT2D eigenvalue weighted by Gasteiger charge is -1.92. The average molecular weight is 166 g/mol. The van der Waals surface area contributed by atoms with Crippen molar-refractivity contribution in [2.75, 3.05) is 0 Å². The molecule has 1 saturated heterocycles. The van der Waals surface area contributed by atoms with Gasteiger partial charge in [0.2, 0.25) is 0 Å². The number of halogens is 1. The van der Waals surface area contributed by atoms with Crippen molar-refractivity contribution < 1.29 is 13.9 Å². The van der Waals surface area contributed by atoms with E-state index < -0.39 is 0 Å². The van der Waals surface area contributed by atoms with Crippen LogP contribution in [0.25, 0.3) is 0 Å². The Balaban J connectivity index is 2.15. The zero-order chi connectivity index (χ0) is 8.55. The van der Waals surface area contributed by atoms with Gasteiger partial charge in [0, 0.05) is 0 Å². The first-order valence-corrected chi connectivity index (χ1v) is 3.67. The van der Waals surface area contributed by atoms with Crippen LogP contribution in [0.1, 0.15) is 11.7 Å². The van der Waals surface area contributed by atoms with Crippen molar-refractivity contribution in [1.82, 2.24) is 0 Å². The van der Waals surface area contributed by atoms with E-state index in [1.54, 1.807) is 12.1 Å². The molecular formula is C9H7FO2. The number of carbonyl (C=O) groups is 1. The standard InChI is InChI=1S/C9H7FO2/c10-7-3-1-6(2-4-7)9-8(5-11)12-9/h1-5,8-9H/t8-,9-/m1/s1. The molecule has 0 N–H and O–H groups in total. The molecule has 3 heteroatoms. The molecule has 0 spiro atoms. The van der Waals surface area contributed by atoms with Crippen molar-refractivity contribution in [3.8, 4) is 0 Å². The fraction of sp³-hybridized carbons (Fsp3) is 0.222. The summed E-state index contributed by atoms with van der Waals surface area (Å²) in [4.78, 5) is 10.2. The van der Waals surface area contributed by atoms with Gasteiger partial charge in [-0.25, -0.2) is 4.39 Å². The molecule has 1 aromatic rings. The largest absolute Gasteiger partial charge is 0.357 e. The highest BCUT2D eigenvalue weighted by atomic mass is 19.1. The van der Waals surface area contributed by atoms with Crippen LogP contribution in [0.4, 0.5) is 4.39 Å². The van der Waals surface area contributed by atoms with Crippen LogP contribution in [0.3, 0.4) is 0 Å². The van der Waals surface area contributed by atoms with Crippen molar-refractivity contribution >= 4 is 6.29 Å². The first kappa shape index (κ1) is 7.43. The molecule has 0 unspecified atom stereocenters. The van der Waals surface area contributed by atoms with Crippen LogP contribution in [0.2, 0.25) is 0 Å². The number of aldehydes is 1. The maximum atomic E-state index is 12.4. The van der Waals surface area contributed by atoms with Crippen molar-refractivity contribution in [1.29, 1.82) is 0 Å². The lowest BCUT2D eigenvalue weighted by atomic mass is 10.1. The minimum absolute atomic E-state index is 0.150. The smallest absolute Gasteiger partial charge is 0.151 e. The van der Waals surface area contributed by atoms with Crippen molar-refractivity contribution in [3.05, 3.63) is 35.6 Å². The van der Waals surface area contributed by atoms with Gasteiger partial charge in [-0.15, -0.1) is 0 Å². The van der Waals surface area contributed by atoms with Crippen LogP contribution < -0.4 is 0 Å². The molecule has 2 rings (SSSR count). The predicted molar refractivity (Wildman–Crippen MR) is 40.1 cm³/mol. The maximum Gasteiger partial charge on any atom is 0.151 e. The summed E-state index contributed by atoms with van der Waals surface area (Å²) in [5.74, 6) is -0.276. The Morgan fingerprint density at radius 2 is 2.00 bits per heavy atom. The summed E-state index contributed by atoms with van der Waals surface area (Å²) < 4.78 is 17.4. The summed E-state index contributed by atoms with van der Waals surface area (Å²) in [6.45, 7) is 0. The molecule has 12 heavy (non-hydrogen) atoms. The Kier molecular flexibility index (Phi) is 1.66. The Morgan fingerprint density at radius 1 is 1.33 bits per heavy atom. The molecule has 1 aliphatic rings. The van der Waals surface area contributed by atoms with Crippen LogP contribution in [0, 0.1) is 5.82 Å². The number of benzene rings is 1. The quantitative estimate of drug-likeness (QED) is 0.491. The van der Waals surface area contributed by atoms with E-state index >= 15 is 0 Å². The highest BCUT2D eigenvalue weighted by Gasteiger charge is 2.39. The van der Waals surface area contributed by atoms with Gasteiger partial charge < -0.3 is 9.53 Å². The fourth-order valence-corrected chi connectivity index (χ4v) is 1.15. The molecule has 1 aliphatic heterocycles. The second kappa shape index (κ2) is 2.68. The van der Waals surface area contributed by atoms with Gasteiger partial charge in [0.25, 0.3) is 0 Å². The van der Waals surface area contributed by atoms with E-state index in [-0.39, 0.29) is 18.0 Å². The monoisotopic (exact) mass is 166 g/mol. The van der Waals surface area contributed by atoms with Crippen molar-refractivity contribution in [2.45, 2.75) is 12.2 Å². The molecule has 0 bridgehead atoms. The molecule has 1 aromatic carbocycles.